The minimum absolute atomic E-state index is 0.0672. The van der Waals surface area contributed by atoms with Crippen LogP contribution in [0.1, 0.15) is 24.3 Å². The second-order valence-corrected chi connectivity index (χ2v) is 4.62. The van der Waals surface area contributed by atoms with Crippen molar-refractivity contribution in [3.05, 3.63) is 41.2 Å². The van der Waals surface area contributed by atoms with E-state index >= 15 is 0 Å². The standard InChI is InChI=1S/C12H15BrN2O/c1-4-7-15(9(2)3)12(16)11-6-5-10(13)8-14-11/h4-6,8-9H,1,7H2,2-3H3. The molecular formula is C12H15BrN2O. The van der Waals surface area contributed by atoms with Gasteiger partial charge in [-0.3, -0.25) is 4.79 Å². The average molecular weight is 283 g/mol. The number of hydrogen-bond acceptors (Lipinski definition) is 2. The highest BCUT2D eigenvalue weighted by Crippen LogP contribution is 2.10. The average Bonchev–Trinajstić information content (AvgIpc) is 2.25. The van der Waals surface area contributed by atoms with Gasteiger partial charge in [0.2, 0.25) is 0 Å². The molecule has 0 aliphatic carbocycles. The molecule has 16 heavy (non-hydrogen) atoms. The minimum atomic E-state index is -0.0672. The van der Waals surface area contributed by atoms with E-state index < -0.39 is 0 Å². The number of carbonyl (C=O) groups is 1. The summed E-state index contributed by atoms with van der Waals surface area (Å²) in [5, 5.41) is 0. The molecule has 0 spiro atoms. The molecule has 0 bridgehead atoms. The van der Waals surface area contributed by atoms with Crippen molar-refractivity contribution >= 4 is 21.8 Å². The highest BCUT2D eigenvalue weighted by Gasteiger charge is 2.18. The van der Waals surface area contributed by atoms with Crippen molar-refractivity contribution in [1.29, 1.82) is 0 Å². The van der Waals surface area contributed by atoms with Gasteiger partial charge in [-0.1, -0.05) is 6.08 Å². The fourth-order valence-corrected chi connectivity index (χ4v) is 1.55. The first-order valence-electron chi connectivity index (χ1n) is 5.09. The van der Waals surface area contributed by atoms with Crippen molar-refractivity contribution < 1.29 is 4.79 Å². The lowest BCUT2D eigenvalue weighted by Crippen LogP contribution is -2.37. The Balaban J connectivity index is 2.89. The summed E-state index contributed by atoms with van der Waals surface area (Å²) in [6.45, 7) is 8.13. The van der Waals surface area contributed by atoms with E-state index in [0.29, 0.717) is 12.2 Å². The molecule has 0 N–H and O–H groups in total. The fourth-order valence-electron chi connectivity index (χ4n) is 1.32. The summed E-state index contributed by atoms with van der Waals surface area (Å²) in [4.78, 5) is 17.9. The molecule has 3 nitrogen and oxygen atoms in total. The number of hydrogen-bond donors (Lipinski definition) is 0. The molecule has 1 aromatic heterocycles. The smallest absolute Gasteiger partial charge is 0.272 e. The molecule has 86 valence electrons. The lowest BCUT2D eigenvalue weighted by atomic mass is 10.2. The molecule has 0 atom stereocenters. The summed E-state index contributed by atoms with van der Waals surface area (Å²) in [6, 6.07) is 3.66. The normalized spacial score (nSPS) is 10.2. The lowest BCUT2D eigenvalue weighted by Gasteiger charge is -2.24. The molecule has 1 rings (SSSR count). The van der Waals surface area contributed by atoms with Gasteiger partial charge in [0.05, 0.1) is 0 Å². The van der Waals surface area contributed by atoms with Crippen LogP contribution in [-0.2, 0) is 0 Å². The minimum Gasteiger partial charge on any atom is -0.331 e. The van der Waals surface area contributed by atoms with Crippen LogP contribution in [0, 0.1) is 0 Å². The summed E-state index contributed by atoms with van der Waals surface area (Å²) in [6.07, 6.45) is 3.34. The Kier molecular flexibility index (Phi) is 4.68. The van der Waals surface area contributed by atoms with Crippen LogP contribution >= 0.6 is 15.9 Å². The quantitative estimate of drug-likeness (QED) is 0.796. The first-order chi connectivity index (χ1) is 7.56. The largest absolute Gasteiger partial charge is 0.331 e. The van der Waals surface area contributed by atoms with Gasteiger partial charge in [-0.2, -0.15) is 0 Å². The van der Waals surface area contributed by atoms with E-state index in [0.717, 1.165) is 4.47 Å². The van der Waals surface area contributed by atoms with E-state index in [2.05, 4.69) is 27.5 Å². The van der Waals surface area contributed by atoms with Gasteiger partial charge < -0.3 is 4.90 Å². The molecule has 0 saturated heterocycles. The maximum Gasteiger partial charge on any atom is 0.272 e. The number of pyridine rings is 1. The van der Waals surface area contributed by atoms with E-state index in [1.165, 1.54) is 0 Å². The number of carbonyl (C=O) groups excluding carboxylic acids is 1. The Morgan fingerprint density at radius 3 is 2.75 bits per heavy atom. The van der Waals surface area contributed by atoms with Crippen molar-refractivity contribution in [2.45, 2.75) is 19.9 Å². The molecule has 1 amide bonds. The third kappa shape index (κ3) is 3.17. The number of nitrogens with zero attached hydrogens (tertiary/aromatic N) is 2. The first kappa shape index (κ1) is 12.9. The van der Waals surface area contributed by atoms with Crippen molar-refractivity contribution in [3.63, 3.8) is 0 Å². The van der Waals surface area contributed by atoms with E-state index in [4.69, 9.17) is 0 Å². The Morgan fingerprint density at radius 2 is 2.31 bits per heavy atom. The van der Waals surface area contributed by atoms with Gasteiger partial charge in [-0.05, 0) is 41.9 Å². The van der Waals surface area contributed by atoms with E-state index in [1.54, 1.807) is 23.2 Å². The predicted molar refractivity (Wildman–Crippen MR) is 68.3 cm³/mol. The summed E-state index contributed by atoms with van der Waals surface area (Å²) in [7, 11) is 0. The monoisotopic (exact) mass is 282 g/mol. The Labute approximate surface area is 104 Å². The van der Waals surface area contributed by atoms with Crippen molar-refractivity contribution in [2.24, 2.45) is 0 Å². The van der Waals surface area contributed by atoms with Gasteiger partial charge in [0.15, 0.2) is 0 Å². The van der Waals surface area contributed by atoms with Crippen molar-refractivity contribution in [2.75, 3.05) is 6.54 Å². The second-order valence-electron chi connectivity index (χ2n) is 3.70. The SMILES string of the molecule is C=CCN(C(=O)c1ccc(Br)cn1)C(C)C. The third-order valence-corrected chi connectivity index (χ3v) is 2.63. The zero-order chi connectivity index (χ0) is 12.1. The molecule has 0 aliphatic heterocycles. The van der Waals surface area contributed by atoms with Gasteiger partial charge in [0.1, 0.15) is 5.69 Å². The highest BCUT2D eigenvalue weighted by molar-refractivity contribution is 9.10. The maximum atomic E-state index is 12.1. The van der Waals surface area contributed by atoms with Gasteiger partial charge >= 0.3 is 0 Å². The molecule has 1 heterocycles. The van der Waals surface area contributed by atoms with Crippen LogP contribution in [0.15, 0.2) is 35.5 Å². The van der Waals surface area contributed by atoms with Gasteiger partial charge in [-0.15, -0.1) is 6.58 Å². The Hall–Kier alpha value is -1.16. The molecule has 0 aromatic carbocycles. The van der Waals surface area contributed by atoms with Crippen molar-refractivity contribution in [3.8, 4) is 0 Å². The molecule has 0 aliphatic rings. The highest BCUT2D eigenvalue weighted by atomic mass is 79.9. The summed E-state index contributed by atoms with van der Waals surface area (Å²) < 4.78 is 0.865. The van der Waals surface area contributed by atoms with Gasteiger partial charge in [0, 0.05) is 23.3 Å². The fraction of sp³-hybridized carbons (Fsp3) is 0.333. The Morgan fingerprint density at radius 1 is 1.62 bits per heavy atom. The van der Waals surface area contributed by atoms with E-state index in [-0.39, 0.29) is 11.9 Å². The zero-order valence-electron chi connectivity index (χ0n) is 9.48. The van der Waals surface area contributed by atoms with Crippen LogP contribution in [0.5, 0.6) is 0 Å². The summed E-state index contributed by atoms with van der Waals surface area (Å²) >= 11 is 3.29. The number of amides is 1. The van der Waals surface area contributed by atoms with E-state index in [1.807, 2.05) is 19.9 Å². The van der Waals surface area contributed by atoms with Crippen LogP contribution < -0.4 is 0 Å². The van der Waals surface area contributed by atoms with Crippen LogP contribution in [0.25, 0.3) is 0 Å². The third-order valence-electron chi connectivity index (χ3n) is 2.16. The first-order valence-corrected chi connectivity index (χ1v) is 5.89. The molecule has 4 heteroatoms. The van der Waals surface area contributed by atoms with Crippen molar-refractivity contribution in [1.82, 2.24) is 9.88 Å². The number of rotatable bonds is 4. The van der Waals surface area contributed by atoms with Gasteiger partial charge in [0.25, 0.3) is 5.91 Å². The number of aromatic nitrogens is 1. The van der Waals surface area contributed by atoms with Crippen LogP contribution in [0.2, 0.25) is 0 Å². The summed E-state index contributed by atoms with van der Waals surface area (Å²) in [5.41, 5.74) is 0.457. The topological polar surface area (TPSA) is 33.2 Å². The molecular weight excluding hydrogens is 268 g/mol. The van der Waals surface area contributed by atoms with Crippen LogP contribution in [0.3, 0.4) is 0 Å². The maximum absolute atomic E-state index is 12.1. The molecule has 0 fully saturated rings. The van der Waals surface area contributed by atoms with Crippen LogP contribution in [0.4, 0.5) is 0 Å². The predicted octanol–water partition coefficient (Wildman–Crippen LogP) is 2.88. The molecule has 1 aromatic rings. The summed E-state index contributed by atoms with van der Waals surface area (Å²) in [5.74, 6) is -0.0672. The number of halogens is 1. The van der Waals surface area contributed by atoms with Crippen LogP contribution in [-0.4, -0.2) is 28.4 Å². The Bertz CT molecular complexity index is 373. The van der Waals surface area contributed by atoms with Gasteiger partial charge in [-0.25, -0.2) is 4.98 Å². The zero-order valence-corrected chi connectivity index (χ0v) is 11.1. The van der Waals surface area contributed by atoms with E-state index in [9.17, 15) is 4.79 Å². The molecule has 0 saturated carbocycles. The molecule has 0 unspecified atom stereocenters. The second kappa shape index (κ2) is 5.80. The lowest BCUT2D eigenvalue weighted by molar-refractivity contribution is 0.0723. The molecule has 0 radical (unpaired) electrons.